The molecule has 0 saturated carbocycles. The summed E-state index contributed by atoms with van der Waals surface area (Å²) in [5.41, 5.74) is 8.41. The maximum Gasteiger partial charge on any atom is 0.160 e. The normalized spacial score (nSPS) is 11.1. The number of hydrogen-bond donors (Lipinski definition) is 1. The Bertz CT molecular complexity index is 708. The smallest absolute Gasteiger partial charge is 0.160 e. The van der Waals surface area contributed by atoms with Crippen molar-refractivity contribution in [3.05, 3.63) is 41.3 Å². The number of aromatic nitrogens is 4. The molecule has 6 heteroatoms. The first-order valence-corrected chi connectivity index (χ1v) is 6.71. The molecular formula is C13H12BrN5. The first-order chi connectivity index (χ1) is 9.29. The van der Waals surface area contributed by atoms with Crippen LogP contribution in [0.4, 0.5) is 0 Å². The van der Waals surface area contributed by atoms with E-state index in [2.05, 4.69) is 30.9 Å². The zero-order chi connectivity index (χ0) is 13.2. The Kier molecular flexibility index (Phi) is 3.27. The summed E-state index contributed by atoms with van der Waals surface area (Å²) in [5, 5.41) is 0. The maximum atomic E-state index is 5.69. The first kappa shape index (κ1) is 12.3. The van der Waals surface area contributed by atoms with Crippen LogP contribution < -0.4 is 5.73 Å². The van der Waals surface area contributed by atoms with E-state index in [0.29, 0.717) is 13.1 Å². The van der Waals surface area contributed by atoms with E-state index in [1.807, 2.05) is 22.8 Å². The van der Waals surface area contributed by atoms with Gasteiger partial charge < -0.3 is 10.3 Å². The molecule has 2 N–H and O–H groups in total. The maximum absolute atomic E-state index is 5.69. The van der Waals surface area contributed by atoms with Crippen molar-refractivity contribution in [3.63, 3.8) is 0 Å². The lowest BCUT2D eigenvalue weighted by Crippen LogP contribution is -2.11. The number of imidazole rings is 1. The van der Waals surface area contributed by atoms with Crippen LogP contribution in [0.5, 0.6) is 0 Å². The molecule has 0 aliphatic carbocycles. The minimum absolute atomic E-state index is 0.543. The molecule has 0 aromatic carbocycles. The standard InChI is InChI=1S/C13H12BrN5/c14-10-7-11-13(17-8-10)19(6-3-15)12(18-11)9-1-4-16-5-2-9/h1-2,4-5,7-8H,3,6,15H2. The van der Waals surface area contributed by atoms with Crippen LogP contribution in [-0.4, -0.2) is 26.1 Å². The second-order valence-electron chi connectivity index (χ2n) is 4.11. The van der Waals surface area contributed by atoms with E-state index >= 15 is 0 Å². The molecule has 0 radical (unpaired) electrons. The molecule has 0 saturated heterocycles. The molecule has 0 unspecified atom stereocenters. The van der Waals surface area contributed by atoms with Crippen LogP contribution in [0.2, 0.25) is 0 Å². The molecule has 0 aliphatic rings. The SMILES string of the molecule is NCCn1c(-c2ccncc2)nc2cc(Br)cnc21. The van der Waals surface area contributed by atoms with Crippen molar-refractivity contribution in [3.8, 4) is 11.4 Å². The third kappa shape index (κ3) is 2.24. The lowest BCUT2D eigenvalue weighted by molar-refractivity contribution is 0.729. The summed E-state index contributed by atoms with van der Waals surface area (Å²) in [7, 11) is 0. The molecule has 3 heterocycles. The first-order valence-electron chi connectivity index (χ1n) is 5.92. The quantitative estimate of drug-likeness (QED) is 0.804. The minimum atomic E-state index is 0.543. The van der Waals surface area contributed by atoms with Gasteiger partial charge in [-0.1, -0.05) is 0 Å². The van der Waals surface area contributed by atoms with Crippen LogP contribution in [0.1, 0.15) is 0 Å². The number of rotatable bonds is 3. The molecule has 0 bridgehead atoms. The van der Waals surface area contributed by atoms with Gasteiger partial charge in [0.05, 0.1) is 0 Å². The summed E-state index contributed by atoms with van der Waals surface area (Å²) in [6.07, 6.45) is 5.28. The predicted molar refractivity (Wildman–Crippen MR) is 77.5 cm³/mol. The number of fused-ring (bicyclic) bond motifs is 1. The summed E-state index contributed by atoms with van der Waals surface area (Å²) in [5.74, 6) is 0.869. The molecule has 19 heavy (non-hydrogen) atoms. The van der Waals surface area contributed by atoms with Gasteiger partial charge in [0, 0.05) is 41.7 Å². The highest BCUT2D eigenvalue weighted by Gasteiger charge is 2.13. The molecule has 0 aliphatic heterocycles. The van der Waals surface area contributed by atoms with Crippen LogP contribution in [0.3, 0.4) is 0 Å². The number of halogens is 1. The monoisotopic (exact) mass is 317 g/mol. The summed E-state index contributed by atoms with van der Waals surface area (Å²) in [6, 6.07) is 5.83. The van der Waals surface area contributed by atoms with Gasteiger partial charge in [-0.05, 0) is 34.1 Å². The number of nitrogens with zero attached hydrogens (tertiary/aromatic N) is 4. The van der Waals surface area contributed by atoms with E-state index in [-0.39, 0.29) is 0 Å². The van der Waals surface area contributed by atoms with Crippen molar-refractivity contribution in [1.29, 1.82) is 0 Å². The average molecular weight is 318 g/mol. The van der Waals surface area contributed by atoms with Crippen LogP contribution in [0, 0.1) is 0 Å². The Morgan fingerprint density at radius 1 is 1.26 bits per heavy atom. The summed E-state index contributed by atoms with van der Waals surface area (Å²) in [4.78, 5) is 13.1. The Morgan fingerprint density at radius 3 is 2.79 bits per heavy atom. The van der Waals surface area contributed by atoms with Gasteiger partial charge in [0.2, 0.25) is 0 Å². The van der Waals surface area contributed by atoms with Crippen molar-refractivity contribution in [2.45, 2.75) is 6.54 Å². The van der Waals surface area contributed by atoms with Crippen LogP contribution in [-0.2, 0) is 6.54 Å². The number of nitrogens with two attached hydrogens (primary N) is 1. The minimum Gasteiger partial charge on any atom is -0.329 e. The third-order valence-electron chi connectivity index (χ3n) is 2.84. The van der Waals surface area contributed by atoms with Gasteiger partial charge in [-0.3, -0.25) is 4.98 Å². The van der Waals surface area contributed by atoms with Crippen molar-refractivity contribution in [2.75, 3.05) is 6.54 Å². The molecule has 0 atom stereocenters. The Balaban J connectivity index is 2.26. The molecule has 3 aromatic heterocycles. The van der Waals surface area contributed by atoms with Crippen molar-refractivity contribution in [2.24, 2.45) is 5.73 Å². The van der Waals surface area contributed by atoms with Gasteiger partial charge in [0.25, 0.3) is 0 Å². The third-order valence-corrected chi connectivity index (χ3v) is 3.28. The van der Waals surface area contributed by atoms with Crippen LogP contribution in [0.25, 0.3) is 22.6 Å². The van der Waals surface area contributed by atoms with Gasteiger partial charge in [-0.15, -0.1) is 0 Å². The molecule has 0 spiro atoms. The van der Waals surface area contributed by atoms with Crippen molar-refractivity contribution in [1.82, 2.24) is 19.5 Å². The number of pyridine rings is 2. The van der Waals surface area contributed by atoms with Crippen LogP contribution >= 0.6 is 15.9 Å². The lowest BCUT2D eigenvalue weighted by atomic mass is 10.2. The summed E-state index contributed by atoms with van der Waals surface area (Å²) in [6.45, 7) is 1.23. The molecule has 3 rings (SSSR count). The topological polar surface area (TPSA) is 69.6 Å². The summed E-state index contributed by atoms with van der Waals surface area (Å²) < 4.78 is 2.95. The second kappa shape index (κ2) is 5.07. The lowest BCUT2D eigenvalue weighted by Gasteiger charge is -2.06. The van der Waals surface area contributed by atoms with E-state index in [4.69, 9.17) is 5.73 Å². The van der Waals surface area contributed by atoms with E-state index in [9.17, 15) is 0 Å². The molecular weight excluding hydrogens is 306 g/mol. The highest BCUT2D eigenvalue weighted by Crippen LogP contribution is 2.24. The van der Waals surface area contributed by atoms with Gasteiger partial charge in [-0.25, -0.2) is 9.97 Å². The van der Waals surface area contributed by atoms with E-state index < -0.39 is 0 Å². The van der Waals surface area contributed by atoms with E-state index in [0.717, 1.165) is 27.0 Å². The van der Waals surface area contributed by atoms with Gasteiger partial charge in [0.1, 0.15) is 11.3 Å². The van der Waals surface area contributed by atoms with Gasteiger partial charge in [-0.2, -0.15) is 0 Å². The Labute approximate surface area is 118 Å². The van der Waals surface area contributed by atoms with Gasteiger partial charge >= 0.3 is 0 Å². The highest BCUT2D eigenvalue weighted by atomic mass is 79.9. The van der Waals surface area contributed by atoms with E-state index in [1.165, 1.54) is 0 Å². The predicted octanol–water partition coefficient (Wildman–Crippen LogP) is 2.21. The zero-order valence-electron chi connectivity index (χ0n) is 10.1. The molecule has 3 aromatic rings. The average Bonchev–Trinajstić information content (AvgIpc) is 2.78. The molecule has 96 valence electrons. The fourth-order valence-corrected chi connectivity index (χ4v) is 2.37. The Hall–Kier alpha value is -1.79. The molecule has 0 amide bonds. The summed E-state index contributed by atoms with van der Waals surface area (Å²) >= 11 is 3.42. The second-order valence-corrected chi connectivity index (χ2v) is 5.02. The van der Waals surface area contributed by atoms with Crippen molar-refractivity contribution < 1.29 is 0 Å². The Morgan fingerprint density at radius 2 is 2.05 bits per heavy atom. The highest BCUT2D eigenvalue weighted by molar-refractivity contribution is 9.10. The van der Waals surface area contributed by atoms with Crippen molar-refractivity contribution >= 4 is 27.1 Å². The van der Waals surface area contributed by atoms with Crippen LogP contribution in [0.15, 0.2) is 41.3 Å². The van der Waals surface area contributed by atoms with E-state index in [1.54, 1.807) is 18.6 Å². The van der Waals surface area contributed by atoms with Gasteiger partial charge in [0.15, 0.2) is 5.65 Å². The fourth-order valence-electron chi connectivity index (χ4n) is 2.05. The molecule has 0 fully saturated rings. The molecule has 5 nitrogen and oxygen atoms in total. The number of hydrogen-bond acceptors (Lipinski definition) is 4. The largest absolute Gasteiger partial charge is 0.329 e. The zero-order valence-corrected chi connectivity index (χ0v) is 11.7. The fraction of sp³-hybridized carbons (Fsp3) is 0.154.